The van der Waals surface area contributed by atoms with E-state index in [-0.39, 0.29) is 11.3 Å². The minimum absolute atomic E-state index is 0.0512. The molecule has 2 heteroatoms. The molecule has 0 aliphatic carbocycles. The van der Waals surface area contributed by atoms with E-state index in [2.05, 4.69) is 4.99 Å². The van der Waals surface area contributed by atoms with Crippen LogP contribution in [0.4, 0.5) is 0 Å². The van der Waals surface area contributed by atoms with Crippen molar-refractivity contribution < 1.29 is 4.79 Å². The molecule has 0 unspecified atom stereocenters. The van der Waals surface area contributed by atoms with Crippen molar-refractivity contribution in [2.45, 2.75) is 20.8 Å². The third-order valence-corrected chi connectivity index (χ3v) is 1.59. The molecule has 0 atom stereocenters. The van der Waals surface area contributed by atoms with Gasteiger partial charge in [-0.2, -0.15) is 0 Å². The molecule has 0 N–H and O–H groups in total. The number of amides is 1. The van der Waals surface area contributed by atoms with E-state index in [9.17, 15) is 4.79 Å². The fraction of sp³-hybridized carbons (Fsp3) is 0.333. The molecule has 1 aromatic rings. The molecule has 0 spiro atoms. The molecule has 0 heterocycles. The third-order valence-electron chi connectivity index (χ3n) is 1.59. The Hall–Kier alpha value is -1.44. The second-order valence-corrected chi connectivity index (χ2v) is 4.30. The standard InChI is InChI=1S/C12H15NO/c1-12(2,3)9-13-11(14)10-7-5-4-6-8-10/h4-9H,1-3H3. The number of benzene rings is 1. The zero-order chi connectivity index (χ0) is 10.6. The smallest absolute Gasteiger partial charge is 0.267 e. The first kappa shape index (κ1) is 10.6. The van der Waals surface area contributed by atoms with Crippen LogP contribution in [0.1, 0.15) is 31.1 Å². The highest BCUT2D eigenvalue weighted by atomic mass is 16.1. The maximum absolute atomic E-state index is 11.5. The van der Waals surface area contributed by atoms with E-state index >= 15 is 0 Å². The van der Waals surface area contributed by atoms with E-state index in [1.807, 2.05) is 39.0 Å². The quantitative estimate of drug-likeness (QED) is 0.624. The first-order chi connectivity index (χ1) is 6.49. The summed E-state index contributed by atoms with van der Waals surface area (Å²) in [6.45, 7) is 6.03. The Balaban J connectivity index is 2.74. The molecule has 0 aromatic heterocycles. The van der Waals surface area contributed by atoms with Crippen molar-refractivity contribution in [3.8, 4) is 0 Å². The van der Waals surface area contributed by atoms with Crippen molar-refractivity contribution in [2.75, 3.05) is 0 Å². The molecular weight excluding hydrogens is 174 g/mol. The van der Waals surface area contributed by atoms with Gasteiger partial charge >= 0.3 is 0 Å². The lowest BCUT2D eigenvalue weighted by Gasteiger charge is -2.09. The Morgan fingerprint density at radius 2 is 1.79 bits per heavy atom. The van der Waals surface area contributed by atoms with Gasteiger partial charge in [-0.1, -0.05) is 39.0 Å². The number of aliphatic imine (C=N–C) groups is 1. The zero-order valence-corrected chi connectivity index (χ0v) is 8.82. The van der Waals surface area contributed by atoms with Crippen molar-refractivity contribution >= 4 is 12.1 Å². The molecule has 0 aliphatic rings. The first-order valence-electron chi connectivity index (χ1n) is 4.64. The van der Waals surface area contributed by atoms with Gasteiger partial charge in [-0.25, -0.2) is 4.99 Å². The molecule has 1 rings (SSSR count). The van der Waals surface area contributed by atoms with Crippen LogP contribution in [0, 0.1) is 5.41 Å². The Labute approximate surface area is 84.7 Å². The number of hydrogen-bond acceptors (Lipinski definition) is 1. The zero-order valence-electron chi connectivity index (χ0n) is 8.82. The molecule has 74 valence electrons. The van der Waals surface area contributed by atoms with Gasteiger partial charge in [0.1, 0.15) is 0 Å². The third kappa shape index (κ3) is 3.52. The topological polar surface area (TPSA) is 29.4 Å². The van der Waals surface area contributed by atoms with E-state index in [4.69, 9.17) is 0 Å². The SMILES string of the molecule is CC(C)(C)C=NC(=O)c1ccccc1. The van der Waals surface area contributed by atoms with Crippen LogP contribution < -0.4 is 0 Å². The molecule has 0 aliphatic heterocycles. The lowest BCUT2D eigenvalue weighted by atomic mass is 9.99. The van der Waals surface area contributed by atoms with E-state index in [0.717, 1.165) is 0 Å². The summed E-state index contributed by atoms with van der Waals surface area (Å²) in [4.78, 5) is 15.4. The number of rotatable bonds is 1. The van der Waals surface area contributed by atoms with Crippen LogP contribution in [0.25, 0.3) is 0 Å². The highest BCUT2D eigenvalue weighted by molar-refractivity contribution is 5.99. The lowest BCUT2D eigenvalue weighted by molar-refractivity contribution is 0.100. The van der Waals surface area contributed by atoms with Gasteiger partial charge in [-0.15, -0.1) is 0 Å². The van der Waals surface area contributed by atoms with Gasteiger partial charge < -0.3 is 0 Å². The summed E-state index contributed by atoms with van der Waals surface area (Å²) in [7, 11) is 0. The van der Waals surface area contributed by atoms with Gasteiger partial charge in [0.25, 0.3) is 5.91 Å². The van der Waals surface area contributed by atoms with Crippen molar-refractivity contribution in [3.05, 3.63) is 35.9 Å². The normalized spacial score (nSPS) is 11.9. The Morgan fingerprint density at radius 1 is 1.21 bits per heavy atom. The van der Waals surface area contributed by atoms with Crippen molar-refractivity contribution in [1.82, 2.24) is 0 Å². The minimum Gasteiger partial charge on any atom is -0.267 e. The summed E-state index contributed by atoms with van der Waals surface area (Å²) in [6.07, 6.45) is 1.68. The fourth-order valence-electron chi connectivity index (χ4n) is 0.908. The van der Waals surface area contributed by atoms with Gasteiger partial charge in [-0.3, -0.25) is 4.79 Å². The van der Waals surface area contributed by atoms with Crippen LogP contribution in [0.2, 0.25) is 0 Å². The monoisotopic (exact) mass is 189 g/mol. The molecule has 0 saturated heterocycles. The largest absolute Gasteiger partial charge is 0.276 e. The second-order valence-electron chi connectivity index (χ2n) is 4.30. The van der Waals surface area contributed by atoms with Gasteiger partial charge in [-0.05, 0) is 17.5 Å². The molecule has 0 radical (unpaired) electrons. The van der Waals surface area contributed by atoms with Gasteiger partial charge in [0, 0.05) is 11.8 Å². The molecule has 0 bridgehead atoms. The van der Waals surface area contributed by atoms with Gasteiger partial charge in [0.2, 0.25) is 0 Å². The van der Waals surface area contributed by atoms with E-state index in [0.29, 0.717) is 5.56 Å². The van der Waals surface area contributed by atoms with Gasteiger partial charge in [0.05, 0.1) is 0 Å². The average Bonchev–Trinajstić information content (AvgIpc) is 2.14. The molecule has 2 nitrogen and oxygen atoms in total. The molecule has 0 fully saturated rings. The number of carbonyl (C=O) groups excluding carboxylic acids is 1. The second kappa shape index (κ2) is 4.18. The molecule has 0 saturated carbocycles. The lowest BCUT2D eigenvalue weighted by Crippen LogP contribution is -2.08. The minimum atomic E-state index is -0.180. The summed E-state index contributed by atoms with van der Waals surface area (Å²) in [5, 5.41) is 0. The maximum atomic E-state index is 11.5. The summed E-state index contributed by atoms with van der Waals surface area (Å²) >= 11 is 0. The van der Waals surface area contributed by atoms with Crippen LogP contribution in [-0.4, -0.2) is 12.1 Å². The van der Waals surface area contributed by atoms with E-state index in [1.165, 1.54) is 0 Å². The predicted octanol–water partition coefficient (Wildman–Crippen LogP) is 2.94. The average molecular weight is 189 g/mol. The van der Waals surface area contributed by atoms with Crippen LogP contribution >= 0.6 is 0 Å². The van der Waals surface area contributed by atoms with Crippen LogP contribution in [0.15, 0.2) is 35.3 Å². The summed E-state index contributed by atoms with van der Waals surface area (Å²) < 4.78 is 0. The Kier molecular flexibility index (Phi) is 3.18. The number of hydrogen-bond donors (Lipinski definition) is 0. The van der Waals surface area contributed by atoms with Crippen molar-refractivity contribution in [2.24, 2.45) is 10.4 Å². The van der Waals surface area contributed by atoms with Crippen molar-refractivity contribution in [1.29, 1.82) is 0 Å². The highest BCUT2D eigenvalue weighted by Crippen LogP contribution is 2.09. The van der Waals surface area contributed by atoms with E-state index < -0.39 is 0 Å². The van der Waals surface area contributed by atoms with Crippen molar-refractivity contribution in [3.63, 3.8) is 0 Å². The summed E-state index contributed by atoms with van der Waals surface area (Å²) in [5.41, 5.74) is 0.581. The fourth-order valence-corrected chi connectivity index (χ4v) is 0.908. The summed E-state index contributed by atoms with van der Waals surface area (Å²) in [6, 6.07) is 9.08. The highest BCUT2D eigenvalue weighted by Gasteiger charge is 2.07. The molecular formula is C12H15NO. The van der Waals surface area contributed by atoms with Crippen LogP contribution in [0.5, 0.6) is 0 Å². The number of nitrogens with zero attached hydrogens (tertiary/aromatic N) is 1. The van der Waals surface area contributed by atoms with Crippen LogP contribution in [0.3, 0.4) is 0 Å². The van der Waals surface area contributed by atoms with E-state index in [1.54, 1.807) is 18.3 Å². The number of carbonyl (C=O) groups is 1. The maximum Gasteiger partial charge on any atom is 0.276 e. The predicted molar refractivity (Wildman–Crippen MR) is 58.7 cm³/mol. The molecule has 1 amide bonds. The summed E-state index contributed by atoms with van der Waals surface area (Å²) in [5.74, 6) is -0.180. The molecule has 1 aromatic carbocycles. The Bertz CT molecular complexity index is 333. The van der Waals surface area contributed by atoms with Crippen LogP contribution in [-0.2, 0) is 0 Å². The first-order valence-corrected chi connectivity index (χ1v) is 4.64. The Morgan fingerprint density at radius 3 is 2.29 bits per heavy atom. The van der Waals surface area contributed by atoms with Gasteiger partial charge in [0.15, 0.2) is 0 Å². The molecule has 14 heavy (non-hydrogen) atoms.